The number of carbonyl (C=O) groups excluding carboxylic acids is 2. The lowest BCUT2D eigenvalue weighted by molar-refractivity contribution is -0.145. The van der Waals surface area contributed by atoms with Crippen LogP contribution in [0.15, 0.2) is 66.7 Å². The number of rotatable bonds is 14. The second-order valence-electron chi connectivity index (χ2n) is 8.87. The summed E-state index contributed by atoms with van der Waals surface area (Å²) in [5.74, 6) is 1.37. The number of hydrogen-bond donors (Lipinski definition) is 0. The zero-order valence-electron chi connectivity index (χ0n) is 22.7. The third kappa shape index (κ3) is 8.26. The number of aryl methyl sites for hydroxylation is 1. The first-order chi connectivity index (χ1) is 18.4. The molecule has 0 N–H and O–H groups in total. The molecule has 7 heteroatoms. The van der Waals surface area contributed by atoms with Crippen molar-refractivity contribution in [3.63, 3.8) is 0 Å². The minimum atomic E-state index is -0.398. The number of methoxy groups -OCH3 is 2. The number of amides is 1. The van der Waals surface area contributed by atoms with Crippen LogP contribution in [0.4, 0.5) is 0 Å². The van der Waals surface area contributed by atoms with Gasteiger partial charge in [0.05, 0.1) is 20.8 Å². The van der Waals surface area contributed by atoms with Crippen LogP contribution in [0.3, 0.4) is 0 Å². The summed E-state index contributed by atoms with van der Waals surface area (Å²) in [5, 5.41) is 0. The highest BCUT2D eigenvalue weighted by Gasteiger charge is 2.19. The van der Waals surface area contributed by atoms with E-state index in [-0.39, 0.29) is 12.5 Å². The molecule has 0 unspecified atom stereocenters. The van der Waals surface area contributed by atoms with Gasteiger partial charge in [0.25, 0.3) is 5.91 Å². The normalized spacial score (nSPS) is 10.5. The first-order valence-corrected chi connectivity index (χ1v) is 12.9. The zero-order valence-corrected chi connectivity index (χ0v) is 22.7. The number of carbonyl (C=O) groups is 2. The van der Waals surface area contributed by atoms with Crippen molar-refractivity contribution in [1.29, 1.82) is 0 Å². The van der Waals surface area contributed by atoms with Gasteiger partial charge in [-0.2, -0.15) is 0 Å². The first kappa shape index (κ1) is 28.6. The van der Waals surface area contributed by atoms with E-state index in [0.717, 1.165) is 24.0 Å². The van der Waals surface area contributed by atoms with E-state index in [1.165, 1.54) is 5.56 Å². The van der Waals surface area contributed by atoms with Crippen molar-refractivity contribution < 1.29 is 28.5 Å². The van der Waals surface area contributed by atoms with Crippen molar-refractivity contribution in [2.45, 2.75) is 33.1 Å². The average Bonchev–Trinajstić information content (AvgIpc) is 2.94. The van der Waals surface area contributed by atoms with Crippen LogP contribution in [-0.2, 0) is 22.4 Å². The Morgan fingerprint density at radius 1 is 0.816 bits per heavy atom. The number of esters is 1. The predicted octanol–water partition coefficient (Wildman–Crippen LogP) is 5.27. The zero-order chi connectivity index (χ0) is 27.3. The lowest BCUT2D eigenvalue weighted by atomic mass is 10.1. The first-order valence-electron chi connectivity index (χ1n) is 12.9. The van der Waals surface area contributed by atoms with Crippen LogP contribution in [0, 0.1) is 6.92 Å². The Morgan fingerprint density at radius 2 is 1.45 bits per heavy atom. The Labute approximate surface area is 225 Å². The van der Waals surface area contributed by atoms with E-state index in [2.05, 4.69) is 12.1 Å². The maximum atomic E-state index is 13.7. The molecule has 38 heavy (non-hydrogen) atoms. The average molecular weight is 520 g/mol. The fourth-order valence-electron chi connectivity index (χ4n) is 4.19. The van der Waals surface area contributed by atoms with Gasteiger partial charge in [0.2, 0.25) is 0 Å². The monoisotopic (exact) mass is 519 g/mol. The summed E-state index contributed by atoms with van der Waals surface area (Å²) in [6, 6.07) is 21.4. The van der Waals surface area contributed by atoms with Crippen molar-refractivity contribution in [2.24, 2.45) is 0 Å². The van der Waals surface area contributed by atoms with Crippen molar-refractivity contribution >= 4 is 11.9 Å². The number of benzene rings is 3. The topological polar surface area (TPSA) is 74.3 Å². The van der Waals surface area contributed by atoms with Gasteiger partial charge in [-0.1, -0.05) is 42.5 Å². The summed E-state index contributed by atoms with van der Waals surface area (Å²) in [6.45, 7) is 5.03. The third-order valence-corrected chi connectivity index (χ3v) is 6.28. The minimum absolute atomic E-state index is 0.0657. The van der Waals surface area contributed by atoms with Gasteiger partial charge in [0.15, 0.2) is 6.61 Å². The van der Waals surface area contributed by atoms with Crippen LogP contribution >= 0.6 is 0 Å². The standard InChI is InChI=1S/C31H37NO6/c1-5-37-30(33)22-38-27-15-13-25(14-16-27)17-19-32(18-9-12-24-10-7-6-8-11-24)31(34)26-20-28(35-3)23(2)29(21-26)36-4/h6-8,10-11,13-16,20-21H,5,9,12,17-19,22H2,1-4H3. The van der Waals surface area contributed by atoms with E-state index >= 15 is 0 Å². The van der Waals surface area contributed by atoms with E-state index < -0.39 is 5.97 Å². The molecular formula is C31H37NO6. The van der Waals surface area contributed by atoms with E-state index in [4.69, 9.17) is 18.9 Å². The number of hydrogen-bond acceptors (Lipinski definition) is 6. The third-order valence-electron chi connectivity index (χ3n) is 6.28. The molecule has 0 aliphatic rings. The molecule has 3 aromatic carbocycles. The van der Waals surface area contributed by atoms with E-state index in [1.807, 2.05) is 54.3 Å². The minimum Gasteiger partial charge on any atom is -0.496 e. The molecule has 0 heterocycles. The van der Waals surface area contributed by atoms with Crippen LogP contribution in [0.25, 0.3) is 0 Å². The molecule has 0 spiro atoms. The van der Waals surface area contributed by atoms with Crippen LogP contribution in [-0.4, -0.2) is 57.3 Å². The van der Waals surface area contributed by atoms with Gasteiger partial charge in [-0.15, -0.1) is 0 Å². The second kappa shape index (κ2) is 14.7. The Kier molecular flexibility index (Phi) is 11.0. The van der Waals surface area contributed by atoms with Gasteiger partial charge in [-0.05, 0) is 68.5 Å². The summed E-state index contributed by atoms with van der Waals surface area (Å²) in [6.07, 6.45) is 2.41. The van der Waals surface area contributed by atoms with Crippen molar-refractivity contribution in [1.82, 2.24) is 4.90 Å². The molecule has 0 saturated heterocycles. The van der Waals surface area contributed by atoms with Gasteiger partial charge < -0.3 is 23.8 Å². The fourth-order valence-corrected chi connectivity index (χ4v) is 4.19. The highest BCUT2D eigenvalue weighted by molar-refractivity contribution is 5.95. The van der Waals surface area contributed by atoms with E-state index in [9.17, 15) is 9.59 Å². The van der Waals surface area contributed by atoms with Crippen LogP contribution in [0.2, 0.25) is 0 Å². The SMILES string of the molecule is CCOC(=O)COc1ccc(CCN(CCCc2ccccc2)C(=O)c2cc(OC)c(C)c(OC)c2)cc1. The molecule has 0 aliphatic carbocycles. The maximum Gasteiger partial charge on any atom is 0.344 e. The Hall–Kier alpha value is -4.00. The summed E-state index contributed by atoms with van der Waals surface area (Å²) in [7, 11) is 3.18. The summed E-state index contributed by atoms with van der Waals surface area (Å²) in [4.78, 5) is 27.1. The molecule has 0 bridgehead atoms. The molecule has 202 valence electrons. The van der Waals surface area contributed by atoms with Gasteiger partial charge in [0.1, 0.15) is 17.2 Å². The van der Waals surface area contributed by atoms with E-state index in [0.29, 0.717) is 48.9 Å². The fraction of sp³-hybridized carbons (Fsp3) is 0.355. The van der Waals surface area contributed by atoms with Gasteiger partial charge >= 0.3 is 5.97 Å². The van der Waals surface area contributed by atoms with E-state index in [1.54, 1.807) is 33.3 Å². The lowest BCUT2D eigenvalue weighted by Crippen LogP contribution is -2.34. The molecule has 3 aromatic rings. The van der Waals surface area contributed by atoms with Crippen molar-refractivity contribution in [3.05, 3.63) is 89.0 Å². The van der Waals surface area contributed by atoms with Crippen LogP contribution in [0.5, 0.6) is 17.2 Å². The quantitative estimate of drug-likeness (QED) is 0.270. The van der Waals surface area contributed by atoms with Gasteiger partial charge in [-0.25, -0.2) is 4.79 Å². The Bertz CT molecular complexity index is 1150. The highest BCUT2D eigenvalue weighted by atomic mass is 16.6. The lowest BCUT2D eigenvalue weighted by Gasteiger charge is -2.24. The van der Waals surface area contributed by atoms with Crippen molar-refractivity contribution in [2.75, 3.05) is 40.5 Å². The molecule has 3 rings (SSSR count). The number of ether oxygens (including phenoxy) is 4. The molecule has 7 nitrogen and oxygen atoms in total. The molecule has 0 atom stereocenters. The predicted molar refractivity (Wildman–Crippen MR) is 147 cm³/mol. The van der Waals surface area contributed by atoms with Gasteiger partial charge in [0, 0.05) is 24.2 Å². The summed E-state index contributed by atoms with van der Waals surface area (Å²) < 4.78 is 21.4. The Balaban J connectivity index is 1.70. The van der Waals surface area contributed by atoms with Crippen LogP contribution in [0.1, 0.15) is 40.4 Å². The smallest absolute Gasteiger partial charge is 0.344 e. The van der Waals surface area contributed by atoms with Crippen LogP contribution < -0.4 is 14.2 Å². The molecule has 0 radical (unpaired) electrons. The Morgan fingerprint density at radius 3 is 2.05 bits per heavy atom. The summed E-state index contributed by atoms with van der Waals surface area (Å²) in [5.41, 5.74) is 3.70. The highest BCUT2D eigenvalue weighted by Crippen LogP contribution is 2.30. The molecule has 0 fully saturated rings. The second-order valence-corrected chi connectivity index (χ2v) is 8.87. The maximum absolute atomic E-state index is 13.7. The van der Waals surface area contributed by atoms with Crippen molar-refractivity contribution in [3.8, 4) is 17.2 Å². The molecular weight excluding hydrogens is 482 g/mol. The molecule has 0 aromatic heterocycles. The van der Waals surface area contributed by atoms with Gasteiger partial charge in [-0.3, -0.25) is 4.79 Å². The molecule has 0 saturated carbocycles. The summed E-state index contributed by atoms with van der Waals surface area (Å²) >= 11 is 0. The number of nitrogens with zero attached hydrogens (tertiary/aromatic N) is 1. The molecule has 1 amide bonds. The largest absolute Gasteiger partial charge is 0.496 e. The molecule has 0 aliphatic heterocycles.